The van der Waals surface area contributed by atoms with Crippen LogP contribution in [0.1, 0.15) is 56.0 Å². The minimum atomic E-state index is -1.02. The van der Waals surface area contributed by atoms with Crippen molar-refractivity contribution >= 4 is 17.3 Å². The van der Waals surface area contributed by atoms with Gasteiger partial charge in [-0.2, -0.15) is 0 Å². The first kappa shape index (κ1) is 19.1. The van der Waals surface area contributed by atoms with Gasteiger partial charge in [0.05, 0.1) is 0 Å². The summed E-state index contributed by atoms with van der Waals surface area (Å²) in [6.45, 7) is 4.21. The molecule has 5 nitrogen and oxygen atoms in total. The quantitative estimate of drug-likeness (QED) is 0.445. The van der Waals surface area contributed by atoms with Gasteiger partial charge in [-0.15, -0.1) is 0 Å². The van der Waals surface area contributed by atoms with Crippen molar-refractivity contribution in [2.75, 3.05) is 13.2 Å². The number of Topliss-reactive ketones (excluding diaryl/α,β-unsaturated/α-hetero) is 3. The van der Waals surface area contributed by atoms with Crippen LogP contribution < -0.4 is 0 Å². The lowest BCUT2D eigenvalue weighted by Crippen LogP contribution is -2.28. The summed E-state index contributed by atoms with van der Waals surface area (Å²) in [5.74, 6) is -1.48. The zero-order valence-electron chi connectivity index (χ0n) is 15.5. The first-order chi connectivity index (χ1) is 13.1. The lowest BCUT2D eigenvalue weighted by molar-refractivity contribution is -0.107. The average molecular weight is 366 g/mol. The Morgan fingerprint density at radius 2 is 1.48 bits per heavy atom. The first-order valence-corrected chi connectivity index (χ1v) is 9.14. The summed E-state index contributed by atoms with van der Waals surface area (Å²) in [5.41, 5.74) is 2.66. The molecule has 3 rings (SSSR count). The Hall–Kier alpha value is -2.63. The molecule has 0 aliphatic heterocycles. The molecule has 1 aliphatic carbocycles. The van der Waals surface area contributed by atoms with E-state index < -0.39 is 17.9 Å². The summed E-state index contributed by atoms with van der Waals surface area (Å²) in [4.78, 5) is 38.2. The highest BCUT2D eigenvalue weighted by Gasteiger charge is 2.28. The molecule has 1 aliphatic rings. The number of ketones is 3. The lowest BCUT2D eigenvalue weighted by Gasteiger charge is -2.18. The normalized spacial score (nSPS) is 13.7. The number of hydrogen-bond acceptors (Lipinski definition) is 5. The van der Waals surface area contributed by atoms with E-state index in [1.54, 1.807) is 38.1 Å². The van der Waals surface area contributed by atoms with Gasteiger partial charge < -0.3 is 9.47 Å². The van der Waals surface area contributed by atoms with Crippen LogP contribution in [0.5, 0.6) is 0 Å². The summed E-state index contributed by atoms with van der Waals surface area (Å²) in [6.07, 6.45) is 0.272. The summed E-state index contributed by atoms with van der Waals surface area (Å²) in [6, 6.07) is 12.1. The standard InChI is InChI=1S/C22H22O5/c1-3-26-22(27-4-2)19(23)16-12-11-15-10-9-14-7-5-6-8-17(14)20(24)21(25)18(15)13-16/h5-8,11-13,22H,3-4,9-10H2,1-2H3. The molecule has 0 unspecified atom stereocenters. The van der Waals surface area contributed by atoms with E-state index in [0.717, 1.165) is 11.1 Å². The van der Waals surface area contributed by atoms with Gasteiger partial charge in [-0.25, -0.2) is 0 Å². The van der Waals surface area contributed by atoms with Gasteiger partial charge in [-0.1, -0.05) is 36.4 Å². The number of carbonyl (C=O) groups is 3. The SMILES string of the molecule is CCOC(OCC)C(=O)c1ccc2c(c1)C(=O)C(=O)c1ccccc1CC2. The van der Waals surface area contributed by atoms with E-state index in [-0.39, 0.29) is 11.3 Å². The van der Waals surface area contributed by atoms with E-state index in [1.165, 1.54) is 6.07 Å². The molecule has 0 bridgehead atoms. The van der Waals surface area contributed by atoms with Crippen molar-refractivity contribution < 1.29 is 23.9 Å². The zero-order chi connectivity index (χ0) is 19.4. The Labute approximate surface area is 158 Å². The van der Waals surface area contributed by atoms with Gasteiger partial charge >= 0.3 is 0 Å². The maximum atomic E-state index is 12.8. The van der Waals surface area contributed by atoms with Crippen LogP contribution in [0.3, 0.4) is 0 Å². The molecule has 0 saturated heterocycles. The Morgan fingerprint density at radius 3 is 2.15 bits per heavy atom. The molecule has 0 atom stereocenters. The molecule has 0 spiro atoms. The van der Waals surface area contributed by atoms with Crippen molar-refractivity contribution in [3.63, 3.8) is 0 Å². The molecule has 0 radical (unpaired) electrons. The van der Waals surface area contributed by atoms with Crippen molar-refractivity contribution in [2.24, 2.45) is 0 Å². The Bertz CT molecular complexity index is 878. The molecule has 5 heteroatoms. The van der Waals surface area contributed by atoms with Gasteiger partial charge in [0, 0.05) is 29.9 Å². The number of carbonyl (C=O) groups excluding carboxylic acids is 3. The summed E-state index contributed by atoms with van der Waals surface area (Å²) >= 11 is 0. The number of aryl methyl sites for hydroxylation is 2. The van der Waals surface area contributed by atoms with Gasteiger partial charge in [0.25, 0.3) is 0 Å². The highest BCUT2D eigenvalue weighted by atomic mass is 16.7. The van der Waals surface area contributed by atoms with Crippen LogP contribution in [0.15, 0.2) is 42.5 Å². The van der Waals surface area contributed by atoms with Crippen LogP contribution in [-0.2, 0) is 22.3 Å². The second-order valence-electron chi connectivity index (χ2n) is 6.29. The predicted molar refractivity (Wildman–Crippen MR) is 100 cm³/mol. The van der Waals surface area contributed by atoms with Crippen molar-refractivity contribution in [2.45, 2.75) is 33.0 Å². The fraction of sp³-hybridized carbons (Fsp3) is 0.318. The predicted octanol–water partition coefficient (Wildman–Crippen LogP) is 3.43. The molecule has 0 fully saturated rings. The number of rotatable bonds is 6. The van der Waals surface area contributed by atoms with Crippen LogP contribution in [0.25, 0.3) is 0 Å². The van der Waals surface area contributed by atoms with Crippen molar-refractivity contribution in [1.29, 1.82) is 0 Å². The number of ether oxygens (including phenoxy) is 2. The largest absolute Gasteiger partial charge is 0.346 e. The van der Waals surface area contributed by atoms with Gasteiger partial charge in [-0.3, -0.25) is 14.4 Å². The monoisotopic (exact) mass is 366 g/mol. The Balaban J connectivity index is 1.97. The average Bonchev–Trinajstić information content (AvgIpc) is 2.70. The molecular weight excluding hydrogens is 344 g/mol. The third kappa shape index (κ3) is 3.89. The van der Waals surface area contributed by atoms with Crippen LogP contribution in [0, 0.1) is 0 Å². The van der Waals surface area contributed by atoms with Crippen molar-refractivity contribution in [1.82, 2.24) is 0 Å². The lowest BCUT2D eigenvalue weighted by atomic mass is 9.86. The third-order valence-corrected chi connectivity index (χ3v) is 4.62. The van der Waals surface area contributed by atoms with E-state index in [9.17, 15) is 14.4 Å². The van der Waals surface area contributed by atoms with Crippen LogP contribution in [0.2, 0.25) is 0 Å². The second-order valence-corrected chi connectivity index (χ2v) is 6.29. The molecule has 0 N–H and O–H groups in total. The third-order valence-electron chi connectivity index (χ3n) is 4.62. The number of benzene rings is 2. The van der Waals surface area contributed by atoms with E-state index in [1.807, 2.05) is 12.1 Å². The zero-order valence-corrected chi connectivity index (χ0v) is 15.5. The van der Waals surface area contributed by atoms with E-state index in [0.29, 0.717) is 37.2 Å². The van der Waals surface area contributed by atoms with E-state index in [2.05, 4.69) is 0 Å². The fourth-order valence-corrected chi connectivity index (χ4v) is 3.27. The number of hydrogen-bond donors (Lipinski definition) is 0. The topological polar surface area (TPSA) is 69.7 Å². The van der Waals surface area contributed by atoms with Gasteiger partial charge in [0.2, 0.25) is 23.6 Å². The maximum absolute atomic E-state index is 12.8. The Morgan fingerprint density at radius 1 is 0.889 bits per heavy atom. The summed E-state index contributed by atoms with van der Waals surface area (Å²) in [7, 11) is 0. The highest BCUT2D eigenvalue weighted by molar-refractivity contribution is 6.50. The van der Waals surface area contributed by atoms with E-state index in [4.69, 9.17) is 9.47 Å². The minimum absolute atomic E-state index is 0.284. The van der Waals surface area contributed by atoms with Gasteiger partial charge in [-0.05, 0) is 43.9 Å². The minimum Gasteiger partial charge on any atom is -0.346 e. The first-order valence-electron chi connectivity index (χ1n) is 9.14. The molecule has 140 valence electrons. The molecule has 2 aromatic rings. The fourth-order valence-electron chi connectivity index (χ4n) is 3.27. The maximum Gasteiger partial charge on any atom is 0.233 e. The van der Waals surface area contributed by atoms with Crippen LogP contribution in [0.4, 0.5) is 0 Å². The summed E-state index contributed by atoms with van der Waals surface area (Å²) in [5, 5.41) is 0. The van der Waals surface area contributed by atoms with E-state index >= 15 is 0 Å². The van der Waals surface area contributed by atoms with Crippen molar-refractivity contribution in [3.8, 4) is 0 Å². The molecule has 0 saturated carbocycles. The van der Waals surface area contributed by atoms with Gasteiger partial charge in [0.1, 0.15) is 0 Å². The molecular formula is C22H22O5. The number of fused-ring (bicyclic) bond motifs is 2. The second kappa shape index (κ2) is 8.37. The highest BCUT2D eigenvalue weighted by Crippen LogP contribution is 2.24. The molecule has 0 aromatic heterocycles. The van der Waals surface area contributed by atoms with Crippen LogP contribution >= 0.6 is 0 Å². The molecule has 27 heavy (non-hydrogen) atoms. The Kier molecular flexibility index (Phi) is 5.94. The van der Waals surface area contributed by atoms with Crippen molar-refractivity contribution in [3.05, 3.63) is 70.3 Å². The molecule has 2 aromatic carbocycles. The molecule has 0 heterocycles. The smallest absolute Gasteiger partial charge is 0.233 e. The van der Waals surface area contributed by atoms with Crippen LogP contribution in [-0.4, -0.2) is 36.9 Å². The summed E-state index contributed by atoms with van der Waals surface area (Å²) < 4.78 is 10.7. The molecule has 0 amide bonds. The van der Waals surface area contributed by atoms with Gasteiger partial charge in [0.15, 0.2) is 0 Å².